The van der Waals surface area contributed by atoms with Crippen LogP contribution < -0.4 is 15.0 Å². The molecule has 1 N–H and O–H groups in total. The Labute approximate surface area is 195 Å². The lowest BCUT2D eigenvalue weighted by Crippen LogP contribution is -2.26. The molecule has 0 spiro atoms. The molecule has 0 atom stereocenters. The van der Waals surface area contributed by atoms with Gasteiger partial charge in [0.25, 0.3) is 5.56 Å². The highest BCUT2D eigenvalue weighted by molar-refractivity contribution is 5.94. The van der Waals surface area contributed by atoms with Crippen LogP contribution >= 0.6 is 0 Å². The number of aromatic nitrogens is 2. The number of carbonyl (C=O) groups excluding carboxylic acids is 1. The largest absolute Gasteiger partial charge is 0.586 e. The number of nitrogens with zero attached hydrogens (tertiary/aromatic N) is 2. The quantitative estimate of drug-likeness (QED) is 0.567. The molecule has 9 heteroatoms. The lowest BCUT2D eigenvalue weighted by atomic mass is 9.88. The Kier molecular flexibility index (Phi) is 5.24. The summed E-state index contributed by atoms with van der Waals surface area (Å²) in [6, 6.07) is 11.2. The van der Waals surface area contributed by atoms with Gasteiger partial charge < -0.3 is 19.1 Å². The van der Waals surface area contributed by atoms with Crippen LogP contribution in [0.15, 0.2) is 53.5 Å². The second-order valence-electron chi connectivity index (χ2n) is 8.65. The molecule has 2 aromatic heterocycles. The molecule has 178 valence electrons. The van der Waals surface area contributed by atoms with E-state index in [1.807, 2.05) is 13.0 Å². The SMILES string of the molecule is Cc1ccc(CC(=O)C2(c3ccc4c(c3)OC(F)(F)O4)CC2)nc1-c1ccc(=O)n(CCO)c1.[HH]. The summed E-state index contributed by atoms with van der Waals surface area (Å²) in [6.45, 7) is 1.90. The van der Waals surface area contributed by atoms with E-state index in [1.54, 1.807) is 24.4 Å². The van der Waals surface area contributed by atoms with Gasteiger partial charge in [0.1, 0.15) is 5.78 Å². The van der Waals surface area contributed by atoms with Crippen LogP contribution in [0.4, 0.5) is 8.78 Å². The maximum absolute atomic E-state index is 13.4. The lowest BCUT2D eigenvalue weighted by molar-refractivity contribution is -0.286. The standard InChI is InChI=1S/C25H22F2N2O5.H2/c1-15-2-5-18(28-23(15)16-3-7-22(32)29(14-16)10-11-30)13-21(31)24(8-9-24)17-4-6-19-20(12-17)34-25(26,27)33-19;/h2-7,12,14,30H,8-11,13H2,1H3;1H. The highest BCUT2D eigenvalue weighted by Gasteiger charge is 2.52. The summed E-state index contributed by atoms with van der Waals surface area (Å²) in [5.74, 6) is -0.176. The second kappa shape index (κ2) is 8.02. The Morgan fingerprint density at radius 1 is 1.15 bits per heavy atom. The first-order valence-corrected chi connectivity index (χ1v) is 10.9. The van der Waals surface area contributed by atoms with Crippen molar-refractivity contribution in [2.45, 2.75) is 44.4 Å². The van der Waals surface area contributed by atoms with Crippen molar-refractivity contribution >= 4 is 5.78 Å². The molecule has 1 saturated carbocycles. The van der Waals surface area contributed by atoms with Gasteiger partial charge in [-0.15, -0.1) is 8.78 Å². The minimum Gasteiger partial charge on any atom is -0.395 e. The topological polar surface area (TPSA) is 90.7 Å². The van der Waals surface area contributed by atoms with Gasteiger partial charge in [-0.2, -0.15) is 0 Å². The van der Waals surface area contributed by atoms with Crippen LogP contribution in [0.1, 0.15) is 31.1 Å². The van der Waals surface area contributed by atoms with E-state index in [2.05, 4.69) is 14.5 Å². The molecular weight excluding hydrogens is 446 g/mol. The smallest absolute Gasteiger partial charge is 0.395 e. The summed E-state index contributed by atoms with van der Waals surface area (Å²) < 4.78 is 37.2. The summed E-state index contributed by atoms with van der Waals surface area (Å²) in [7, 11) is 0. The molecule has 3 aromatic rings. The average Bonchev–Trinajstić information content (AvgIpc) is 3.54. The molecule has 7 nitrogen and oxygen atoms in total. The van der Waals surface area contributed by atoms with Crippen molar-refractivity contribution in [1.82, 2.24) is 9.55 Å². The summed E-state index contributed by atoms with van der Waals surface area (Å²) in [5.41, 5.74) is 2.45. The van der Waals surface area contributed by atoms with E-state index >= 15 is 0 Å². The fourth-order valence-electron chi connectivity index (χ4n) is 4.35. The molecule has 1 aliphatic heterocycles. The molecule has 0 radical (unpaired) electrons. The predicted octanol–water partition coefficient (Wildman–Crippen LogP) is 3.62. The predicted molar refractivity (Wildman–Crippen MR) is 120 cm³/mol. The molecule has 1 aromatic carbocycles. The minimum absolute atomic E-state index is 0. The van der Waals surface area contributed by atoms with Crippen molar-refractivity contribution in [2.75, 3.05) is 6.61 Å². The number of hydrogen-bond donors (Lipinski definition) is 1. The number of ether oxygens (including phenoxy) is 2. The first-order chi connectivity index (χ1) is 16.2. The number of fused-ring (bicyclic) bond motifs is 1. The third-order valence-corrected chi connectivity index (χ3v) is 6.33. The van der Waals surface area contributed by atoms with E-state index in [0.717, 1.165) is 5.56 Å². The van der Waals surface area contributed by atoms with Crippen LogP contribution in [0.25, 0.3) is 11.3 Å². The van der Waals surface area contributed by atoms with E-state index in [-0.39, 0.29) is 43.8 Å². The van der Waals surface area contributed by atoms with Crippen molar-refractivity contribution in [3.05, 3.63) is 75.8 Å². The molecule has 2 aliphatic rings. The van der Waals surface area contributed by atoms with Gasteiger partial charge in [0.15, 0.2) is 11.5 Å². The Morgan fingerprint density at radius 2 is 1.91 bits per heavy atom. The molecule has 0 amide bonds. The number of Topliss-reactive ketones (excluding diaryl/α,β-unsaturated/α-hetero) is 1. The van der Waals surface area contributed by atoms with Crippen LogP contribution in [0.5, 0.6) is 11.5 Å². The number of halogens is 2. The molecule has 0 saturated heterocycles. The zero-order valence-corrected chi connectivity index (χ0v) is 18.4. The fourth-order valence-corrected chi connectivity index (χ4v) is 4.35. The van der Waals surface area contributed by atoms with Gasteiger partial charge in [-0.05, 0) is 55.2 Å². The van der Waals surface area contributed by atoms with Crippen LogP contribution in [-0.4, -0.2) is 33.3 Å². The van der Waals surface area contributed by atoms with Crippen LogP contribution in [0, 0.1) is 6.92 Å². The van der Waals surface area contributed by atoms with E-state index in [1.165, 1.54) is 22.8 Å². The molecule has 0 unspecified atom stereocenters. The summed E-state index contributed by atoms with van der Waals surface area (Å²) in [4.78, 5) is 30.0. The lowest BCUT2D eigenvalue weighted by Gasteiger charge is -2.16. The summed E-state index contributed by atoms with van der Waals surface area (Å²) in [6.07, 6.45) is -0.749. The number of ketones is 1. The number of aryl methyl sites for hydroxylation is 1. The normalized spacial score (nSPS) is 16.9. The maximum Gasteiger partial charge on any atom is 0.586 e. The Hall–Kier alpha value is -3.59. The molecule has 5 rings (SSSR count). The number of benzene rings is 1. The highest BCUT2D eigenvalue weighted by atomic mass is 19.3. The van der Waals surface area contributed by atoms with Crippen molar-refractivity contribution in [3.63, 3.8) is 0 Å². The number of aliphatic hydroxyl groups excluding tert-OH is 1. The molecule has 1 fully saturated rings. The minimum atomic E-state index is -3.70. The zero-order valence-electron chi connectivity index (χ0n) is 18.4. The second-order valence-corrected chi connectivity index (χ2v) is 8.65. The first kappa shape index (κ1) is 22.2. The van der Waals surface area contributed by atoms with E-state index in [4.69, 9.17) is 0 Å². The Morgan fingerprint density at radius 3 is 2.65 bits per heavy atom. The third kappa shape index (κ3) is 3.96. The van der Waals surface area contributed by atoms with Gasteiger partial charge in [-0.25, -0.2) is 0 Å². The van der Waals surface area contributed by atoms with Gasteiger partial charge in [-0.1, -0.05) is 12.1 Å². The molecule has 3 heterocycles. The molecular formula is C25H24F2N2O5. The fraction of sp³-hybridized carbons (Fsp3) is 0.320. The first-order valence-electron chi connectivity index (χ1n) is 10.9. The Balaban J connectivity index is 0.00000289. The van der Waals surface area contributed by atoms with Crippen molar-refractivity contribution in [2.24, 2.45) is 0 Å². The van der Waals surface area contributed by atoms with E-state index in [9.17, 15) is 23.5 Å². The van der Waals surface area contributed by atoms with Crippen LogP contribution in [-0.2, 0) is 23.2 Å². The highest BCUT2D eigenvalue weighted by Crippen LogP contribution is 2.52. The third-order valence-electron chi connectivity index (χ3n) is 6.33. The van der Waals surface area contributed by atoms with Crippen molar-refractivity contribution in [3.8, 4) is 22.8 Å². The van der Waals surface area contributed by atoms with Gasteiger partial charge in [0.2, 0.25) is 0 Å². The summed E-state index contributed by atoms with van der Waals surface area (Å²) >= 11 is 0. The number of carbonyl (C=O) groups is 1. The number of hydrogen-bond acceptors (Lipinski definition) is 6. The zero-order chi connectivity index (χ0) is 24.1. The van der Waals surface area contributed by atoms with Crippen LogP contribution in [0.3, 0.4) is 0 Å². The average molecular weight is 470 g/mol. The van der Waals surface area contributed by atoms with Gasteiger partial charge >= 0.3 is 6.29 Å². The Bertz CT molecular complexity index is 1350. The van der Waals surface area contributed by atoms with Crippen molar-refractivity contribution < 1.29 is 29.6 Å². The number of alkyl halides is 2. The van der Waals surface area contributed by atoms with Gasteiger partial charge in [0.05, 0.1) is 17.7 Å². The van der Waals surface area contributed by atoms with E-state index < -0.39 is 11.7 Å². The van der Waals surface area contributed by atoms with Crippen molar-refractivity contribution in [1.29, 1.82) is 0 Å². The monoisotopic (exact) mass is 470 g/mol. The van der Waals surface area contributed by atoms with Crippen LogP contribution in [0.2, 0.25) is 0 Å². The maximum atomic E-state index is 13.4. The number of pyridine rings is 2. The van der Waals surface area contributed by atoms with Gasteiger partial charge in [0, 0.05) is 37.9 Å². The summed E-state index contributed by atoms with van der Waals surface area (Å²) in [5, 5.41) is 9.19. The van der Waals surface area contributed by atoms with E-state index in [0.29, 0.717) is 35.4 Å². The number of rotatable bonds is 7. The van der Waals surface area contributed by atoms with Gasteiger partial charge in [-0.3, -0.25) is 14.6 Å². The molecule has 1 aliphatic carbocycles. The number of aliphatic hydroxyl groups is 1. The molecule has 0 bridgehead atoms. The molecule has 34 heavy (non-hydrogen) atoms.